The third kappa shape index (κ3) is 4.09. The maximum absolute atomic E-state index is 8.95. The van der Waals surface area contributed by atoms with Gasteiger partial charge in [-0.1, -0.05) is 25.9 Å². The van der Waals surface area contributed by atoms with Crippen LogP contribution < -0.4 is 10.5 Å². The van der Waals surface area contributed by atoms with Gasteiger partial charge in [-0.3, -0.25) is 0 Å². The number of ether oxygens (including phenoxy) is 1. The summed E-state index contributed by atoms with van der Waals surface area (Å²) in [6.07, 6.45) is 5.21. The van der Waals surface area contributed by atoms with Gasteiger partial charge in [0.2, 0.25) is 5.88 Å². The fourth-order valence-corrected chi connectivity index (χ4v) is 2.42. The van der Waals surface area contributed by atoms with Crippen LogP contribution in [0.3, 0.4) is 0 Å². The monoisotopic (exact) mass is 291 g/mol. The Bertz CT molecular complexity index is 533. The van der Waals surface area contributed by atoms with Crippen molar-refractivity contribution < 1.29 is 9.94 Å². The van der Waals surface area contributed by atoms with Crippen molar-refractivity contribution in [2.24, 2.45) is 16.3 Å². The molecule has 21 heavy (non-hydrogen) atoms. The first-order valence-electron chi connectivity index (χ1n) is 7.54. The molecule has 116 valence electrons. The number of aromatic nitrogens is 1. The lowest BCUT2D eigenvalue weighted by atomic mass is 9.93. The maximum Gasteiger partial charge on any atom is 0.224 e. The van der Waals surface area contributed by atoms with Crippen LogP contribution in [-0.2, 0) is 12.8 Å². The minimum atomic E-state index is 0.0571. The Morgan fingerprint density at radius 3 is 2.76 bits per heavy atom. The number of nitrogens with two attached hydrogens (primary N) is 1. The molecule has 2 rings (SSSR count). The quantitative estimate of drug-likeness (QED) is 0.387. The molecule has 0 spiro atoms. The van der Waals surface area contributed by atoms with Crippen molar-refractivity contribution in [3.05, 3.63) is 22.9 Å². The van der Waals surface area contributed by atoms with Gasteiger partial charge >= 0.3 is 0 Å². The molecule has 3 N–H and O–H groups in total. The average Bonchev–Trinajstić information content (AvgIpc) is 2.44. The van der Waals surface area contributed by atoms with Gasteiger partial charge in [0, 0.05) is 5.69 Å². The summed E-state index contributed by atoms with van der Waals surface area (Å²) in [5.41, 5.74) is 8.83. The first kappa shape index (κ1) is 15.6. The molecular formula is C16H25N3O2. The Morgan fingerprint density at radius 2 is 2.10 bits per heavy atom. The number of hydrogen-bond acceptors (Lipinski definition) is 4. The summed E-state index contributed by atoms with van der Waals surface area (Å²) in [4.78, 5) is 4.61. The standard InChI is InChI=1S/C16H25N3O2/c1-16(2,3)8-9-21-15-12(14(17)19-20)10-11-6-4-5-7-13(11)18-15/h10,20H,4-9H2,1-3H3,(H2,17,19). The summed E-state index contributed by atoms with van der Waals surface area (Å²) in [7, 11) is 0. The lowest BCUT2D eigenvalue weighted by molar-refractivity contribution is 0.235. The molecule has 1 aliphatic rings. The fourth-order valence-electron chi connectivity index (χ4n) is 2.42. The second-order valence-electron chi connectivity index (χ2n) is 6.80. The number of hydrogen-bond donors (Lipinski definition) is 2. The molecule has 0 unspecified atom stereocenters. The number of pyridine rings is 1. The first-order chi connectivity index (χ1) is 9.90. The summed E-state index contributed by atoms with van der Waals surface area (Å²) < 4.78 is 5.82. The van der Waals surface area contributed by atoms with Crippen LogP contribution in [-0.4, -0.2) is 22.6 Å². The zero-order valence-electron chi connectivity index (χ0n) is 13.1. The lowest BCUT2D eigenvalue weighted by Crippen LogP contribution is -2.20. The highest BCUT2D eigenvalue weighted by Crippen LogP contribution is 2.27. The Labute approximate surface area is 126 Å². The lowest BCUT2D eigenvalue weighted by Gasteiger charge is -2.21. The molecule has 5 heteroatoms. The zero-order chi connectivity index (χ0) is 15.5. The van der Waals surface area contributed by atoms with E-state index < -0.39 is 0 Å². The third-order valence-corrected chi connectivity index (χ3v) is 3.74. The summed E-state index contributed by atoms with van der Waals surface area (Å²) in [6.45, 7) is 7.07. The van der Waals surface area contributed by atoms with Crippen LogP contribution in [0.2, 0.25) is 0 Å². The molecule has 0 fully saturated rings. The van der Waals surface area contributed by atoms with Crippen LogP contribution in [0.5, 0.6) is 5.88 Å². The molecule has 0 aromatic carbocycles. The molecule has 1 heterocycles. The average molecular weight is 291 g/mol. The second-order valence-corrected chi connectivity index (χ2v) is 6.80. The van der Waals surface area contributed by atoms with Gasteiger partial charge in [0.05, 0.1) is 12.2 Å². The highest BCUT2D eigenvalue weighted by atomic mass is 16.5. The smallest absolute Gasteiger partial charge is 0.224 e. The van der Waals surface area contributed by atoms with Crippen molar-refractivity contribution in [1.29, 1.82) is 0 Å². The van der Waals surface area contributed by atoms with Gasteiger partial charge in [-0.25, -0.2) is 4.98 Å². The van der Waals surface area contributed by atoms with E-state index in [2.05, 4.69) is 30.9 Å². The number of rotatable bonds is 4. The van der Waals surface area contributed by atoms with Crippen LogP contribution >= 0.6 is 0 Å². The molecule has 1 aromatic heterocycles. The van der Waals surface area contributed by atoms with E-state index in [0.717, 1.165) is 37.8 Å². The SMILES string of the molecule is CC(C)(C)CCOc1nc2c(cc1C(N)=NO)CCCC2. The first-order valence-corrected chi connectivity index (χ1v) is 7.54. The topological polar surface area (TPSA) is 80.7 Å². The van der Waals surface area contributed by atoms with Crippen LogP contribution in [0.4, 0.5) is 0 Å². The largest absolute Gasteiger partial charge is 0.477 e. The number of aryl methyl sites for hydroxylation is 2. The van der Waals surface area contributed by atoms with E-state index in [1.165, 1.54) is 5.56 Å². The Kier molecular flexibility index (Phi) is 4.70. The molecule has 0 aliphatic heterocycles. The fraction of sp³-hybridized carbons (Fsp3) is 0.625. The summed E-state index contributed by atoms with van der Waals surface area (Å²) in [6, 6.07) is 1.96. The molecule has 0 saturated carbocycles. The summed E-state index contributed by atoms with van der Waals surface area (Å²) in [5.74, 6) is 0.539. The van der Waals surface area contributed by atoms with Gasteiger partial charge in [0.1, 0.15) is 0 Å². The van der Waals surface area contributed by atoms with Gasteiger partial charge < -0.3 is 15.7 Å². The molecule has 5 nitrogen and oxygen atoms in total. The van der Waals surface area contributed by atoms with Gasteiger partial charge in [-0.05, 0) is 49.1 Å². The number of oxime groups is 1. The Morgan fingerprint density at radius 1 is 1.38 bits per heavy atom. The highest BCUT2D eigenvalue weighted by molar-refractivity contribution is 5.99. The summed E-state index contributed by atoms with van der Waals surface area (Å²) >= 11 is 0. The van der Waals surface area contributed by atoms with Crippen molar-refractivity contribution in [3.8, 4) is 5.88 Å². The van der Waals surface area contributed by atoms with Gasteiger partial charge in [-0.15, -0.1) is 0 Å². The van der Waals surface area contributed by atoms with E-state index in [4.69, 9.17) is 15.7 Å². The number of nitrogens with zero attached hydrogens (tertiary/aromatic N) is 2. The minimum Gasteiger partial charge on any atom is -0.477 e. The molecule has 1 aromatic rings. The number of fused-ring (bicyclic) bond motifs is 1. The third-order valence-electron chi connectivity index (χ3n) is 3.74. The van der Waals surface area contributed by atoms with Crippen molar-refractivity contribution in [2.75, 3.05) is 6.61 Å². The zero-order valence-corrected chi connectivity index (χ0v) is 13.1. The van der Waals surface area contributed by atoms with Crippen LogP contribution in [0.1, 0.15) is 56.9 Å². The van der Waals surface area contributed by atoms with Crippen LogP contribution in [0.15, 0.2) is 11.2 Å². The van der Waals surface area contributed by atoms with Gasteiger partial charge in [0.25, 0.3) is 0 Å². The second kappa shape index (κ2) is 6.33. The molecule has 0 radical (unpaired) electrons. The molecule has 0 amide bonds. The van der Waals surface area contributed by atoms with Crippen LogP contribution in [0, 0.1) is 5.41 Å². The van der Waals surface area contributed by atoms with Gasteiger partial charge in [0.15, 0.2) is 5.84 Å². The Balaban J connectivity index is 2.24. The van der Waals surface area contributed by atoms with E-state index in [1.54, 1.807) is 0 Å². The molecule has 0 saturated heterocycles. The molecular weight excluding hydrogens is 266 g/mol. The predicted molar refractivity (Wildman–Crippen MR) is 83.0 cm³/mol. The number of amidine groups is 1. The van der Waals surface area contributed by atoms with E-state index in [1.807, 2.05) is 6.07 Å². The van der Waals surface area contributed by atoms with Gasteiger partial charge in [-0.2, -0.15) is 0 Å². The summed E-state index contributed by atoms with van der Waals surface area (Å²) in [5, 5.41) is 12.1. The predicted octanol–water partition coefficient (Wildman–Crippen LogP) is 2.87. The van der Waals surface area contributed by atoms with E-state index in [0.29, 0.717) is 18.1 Å². The Hall–Kier alpha value is -1.78. The van der Waals surface area contributed by atoms with E-state index in [9.17, 15) is 0 Å². The minimum absolute atomic E-state index is 0.0571. The van der Waals surface area contributed by atoms with Crippen molar-refractivity contribution in [2.45, 2.75) is 52.9 Å². The van der Waals surface area contributed by atoms with Crippen molar-refractivity contribution in [1.82, 2.24) is 4.98 Å². The van der Waals surface area contributed by atoms with Crippen LogP contribution in [0.25, 0.3) is 0 Å². The molecule has 0 bridgehead atoms. The molecule has 1 aliphatic carbocycles. The maximum atomic E-state index is 8.95. The highest BCUT2D eigenvalue weighted by Gasteiger charge is 2.19. The van der Waals surface area contributed by atoms with E-state index >= 15 is 0 Å². The molecule has 0 atom stereocenters. The van der Waals surface area contributed by atoms with E-state index in [-0.39, 0.29) is 11.3 Å². The van der Waals surface area contributed by atoms with Crippen molar-refractivity contribution in [3.63, 3.8) is 0 Å². The normalized spacial score (nSPS) is 15.7. The van der Waals surface area contributed by atoms with Crippen molar-refractivity contribution >= 4 is 5.84 Å².